The summed E-state index contributed by atoms with van der Waals surface area (Å²) < 4.78 is 5.68. The maximum absolute atomic E-state index is 11.9. The van der Waals surface area contributed by atoms with Crippen molar-refractivity contribution in [1.82, 2.24) is 5.43 Å². The fraction of sp³-hybridized carbons (Fsp3) is 0.100. The molecule has 2 aromatic carbocycles. The van der Waals surface area contributed by atoms with Gasteiger partial charge in [-0.3, -0.25) is 4.79 Å². The first-order valence-corrected chi connectivity index (χ1v) is 9.82. The van der Waals surface area contributed by atoms with Gasteiger partial charge >= 0.3 is 0 Å². The molecule has 1 aromatic heterocycles. The average molecular weight is 419 g/mol. The van der Waals surface area contributed by atoms with Crippen LogP contribution in [0.15, 0.2) is 69.0 Å². The van der Waals surface area contributed by atoms with E-state index in [0.717, 1.165) is 10.5 Å². The van der Waals surface area contributed by atoms with Crippen LogP contribution in [0, 0.1) is 6.92 Å². The number of nitrogens with one attached hydrogen (secondary N) is 1. The van der Waals surface area contributed by atoms with Crippen molar-refractivity contribution in [2.75, 3.05) is 5.75 Å². The van der Waals surface area contributed by atoms with Gasteiger partial charge in [0.1, 0.15) is 11.5 Å². The molecule has 1 N–H and O–H groups in total. The molecular formula is C20H16Cl2N2O2S. The molecule has 0 spiro atoms. The number of rotatable bonds is 6. The number of amides is 1. The average Bonchev–Trinajstić information content (AvgIpc) is 3.10. The van der Waals surface area contributed by atoms with Crippen LogP contribution >= 0.6 is 35.0 Å². The Labute approximate surface area is 171 Å². The normalized spacial score (nSPS) is 11.1. The van der Waals surface area contributed by atoms with E-state index < -0.39 is 0 Å². The molecule has 3 aromatic rings. The predicted octanol–water partition coefficient (Wildman–Crippen LogP) is 5.80. The number of furan rings is 1. The van der Waals surface area contributed by atoms with Crippen molar-refractivity contribution in [2.24, 2.45) is 5.10 Å². The van der Waals surface area contributed by atoms with Gasteiger partial charge in [-0.05, 0) is 49.4 Å². The number of hydrogen-bond donors (Lipinski definition) is 1. The predicted molar refractivity (Wildman–Crippen MR) is 112 cm³/mol. The number of aryl methyl sites for hydroxylation is 1. The molecule has 0 aliphatic heterocycles. The lowest BCUT2D eigenvalue weighted by Crippen LogP contribution is -2.19. The third kappa shape index (κ3) is 5.63. The van der Waals surface area contributed by atoms with Crippen LogP contribution in [0.5, 0.6) is 0 Å². The van der Waals surface area contributed by atoms with Gasteiger partial charge in [0.25, 0.3) is 0 Å². The van der Waals surface area contributed by atoms with Gasteiger partial charge in [0, 0.05) is 15.5 Å². The smallest absolute Gasteiger partial charge is 0.250 e. The van der Waals surface area contributed by atoms with Crippen molar-refractivity contribution in [3.8, 4) is 11.3 Å². The van der Waals surface area contributed by atoms with Gasteiger partial charge in [-0.1, -0.05) is 40.9 Å². The van der Waals surface area contributed by atoms with Crippen LogP contribution in [0.1, 0.15) is 11.3 Å². The van der Waals surface area contributed by atoms with Crippen LogP contribution < -0.4 is 5.43 Å². The van der Waals surface area contributed by atoms with Crippen LogP contribution in [0.2, 0.25) is 10.0 Å². The van der Waals surface area contributed by atoms with Crippen molar-refractivity contribution in [2.45, 2.75) is 11.8 Å². The zero-order valence-electron chi connectivity index (χ0n) is 14.4. The Hall–Kier alpha value is -2.21. The summed E-state index contributed by atoms with van der Waals surface area (Å²) in [5.41, 5.74) is 4.41. The van der Waals surface area contributed by atoms with Crippen molar-refractivity contribution >= 4 is 47.1 Å². The minimum atomic E-state index is -0.190. The maximum atomic E-state index is 11.9. The molecule has 0 radical (unpaired) electrons. The van der Waals surface area contributed by atoms with E-state index in [-0.39, 0.29) is 11.7 Å². The molecule has 0 fully saturated rings. The summed E-state index contributed by atoms with van der Waals surface area (Å²) in [4.78, 5) is 12.9. The third-order valence-electron chi connectivity index (χ3n) is 3.60. The van der Waals surface area contributed by atoms with E-state index in [4.69, 9.17) is 27.6 Å². The minimum absolute atomic E-state index is 0.190. The summed E-state index contributed by atoms with van der Waals surface area (Å²) in [5.74, 6) is 1.19. The fourth-order valence-corrected chi connectivity index (χ4v) is 3.43. The highest BCUT2D eigenvalue weighted by molar-refractivity contribution is 8.00. The van der Waals surface area contributed by atoms with Gasteiger partial charge in [0.05, 0.1) is 17.0 Å². The lowest BCUT2D eigenvalue weighted by molar-refractivity contribution is -0.118. The number of carbonyl (C=O) groups excluding carboxylic acids is 1. The van der Waals surface area contributed by atoms with Crippen LogP contribution in [0.3, 0.4) is 0 Å². The highest BCUT2D eigenvalue weighted by Gasteiger charge is 2.08. The van der Waals surface area contributed by atoms with Crippen LogP contribution in [-0.4, -0.2) is 17.9 Å². The van der Waals surface area contributed by atoms with Crippen LogP contribution in [0.25, 0.3) is 11.3 Å². The van der Waals surface area contributed by atoms with E-state index in [0.29, 0.717) is 21.6 Å². The van der Waals surface area contributed by atoms with E-state index >= 15 is 0 Å². The number of nitrogens with zero attached hydrogens (tertiary/aromatic N) is 1. The highest BCUT2D eigenvalue weighted by Crippen LogP contribution is 2.31. The standard InChI is InChI=1S/C20H16Cl2N2O2S/c1-13-2-6-16(7-3-13)27-12-20(25)24-23-11-15-5-9-19(26-15)17-8-4-14(21)10-18(17)22/h2-11H,12H2,1H3,(H,24,25)/b23-11-. The van der Waals surface area contributed by atoms with Gasteiger partial charge < -0.3 is 4.42 Å². The van der Waals surface area contributed by atoms with Crippen molar-refractivity contribution < 1.29 is 9.21 Å². The summed E-state index contributed by atoms with van der Waals surface area (Å²) in [6.45, 7) is 2.02. The molecule has 0 bridgehead atoms. The molecule has 1 amide bonds. The molecule has 0 unspecified atom stereocenters. The van der Waals surface area contributed by atoms with Crippen LogP contribution in [-0.2, 0) is 4.79 Å². The second-order valence-corrected chi connectivity index (χ2v) is 7.61. The van der Waals surface area contributed by atoms with E-state index in [9.17, 15) is 4.79 Å². The first kappa shape index (κ1) is 19.5. The minimum Gasteiger partial charge on any atom is -0.455 e. The molecule has 138 valence electrons. The maximum Gasteiger partial charge on any atom is 0.250 e. The van der Waals surface area contributed by atoms with E-state index in [2.05, 4.69) is 10.5 Å². The number of hydrogen-bond acceptors (Lipinski definition) is 4. The molecule has 3 rings (SSSR count). The van der Waals surface area contributed by atoms with Crippen molar-refractivity contribution in [3.05, 3.63) is 76.0 Å². The Morgan fingerprint density at radius 3 is 2.67 bits per heavy atom. The Kier molecular flexibility index (Phi) is 6.61. The lowest BCUT2D eigenvalue weighted by atomic mass is 10.2. The molecule has 1 heterocycles. The zero-order valence-corrected chi connectivity index (χ0v) is 16.7. The Balaban J connectivity index is 1.53. The number of thioether (sulfide) groups is 1. The van der Waals surface area contributed by atoms with Gasteiger partial charge in [-0.25, -0.2) is 5.43 Å². The molecule has 0 atom stereocenters. The summed E-state index contributed by atoms with van der Waals surface area (Å²) >= 11 is 13.5. The van der Waals surface area contributed by atoms with Gasteiger partial charge in [-0.2, -0.15) is 5.10 Å². The van der Waals surface area contributed by atoms with E-state index in [1.54, 1.807) is 30.3 Å². The lowest BCUT2D eigenvalue weighted by Gasteiger charge is -2.01. The largest absolute Gasteiger partial charge is 0.455 e. The molecule has 0 saturated carbocycles. The van der Waals surface area contributed by atoms with Gasteiger partial charge in [-0.15, -0.1) is 11.8 Å². The van der Waals surface area contributed by atoms with Crippen LogP contribution in [0.4, 0.5) is 0 Å². The SMILES string of the molecule is Cc1ccc(SCC(=O)N/N=C\c2ccc(-c3ccc(Cl)cc3Cl)o2)cc1. The summed E-state index contributed by atoms with van der Waals surface area (Å²) in [5, 5.41) is 4.99. The summed E-state index contributed by atoms with van der Waals surface area (Å²) in [6.07, 6.45) is 1.45. The number of carbonyl (C=O) groups is 1. The summed E-state index contributed by atoms with van der Waals surface area (Å²) in [7, 11) is 0. The third-order valence-corrected chi connectivity index (χ3v) is 5.16. The molecule has 0 aliphatic carbocycles. The number of halogens is 2. The molecule has 4 nitrogen and oxygen atoms in total. The highest BCUT2D eigenvalue weighted by atomic mass is 35.5. The zero-order chi connectivity index (χ0) is 19.2. The fourth-order valence-electron chi connectivity index (χ4n) is 2.24. The second kappa shape index (κ2) is 9.13. The first-order valence-electron chi connectivity index (χ1n) is 8.08. The van der Waals surface area contributed by atoms with E-state index in [1.807, 2.05) is 31.2 Å². The topological polar surface area (TPSA) is 54.6 Å². The van der Waals surface area contributed by atoms with E-state index in [1.165, 1.54) is 23.5 Å². The Morgan fingerprint density at radius 1 is 1.15 bits per heavy atom. The van der Waals surface area contributed by atoms with Crippen molar-refractivity contribution in [3.63, 3.8) is 0 Å². The molecule has 0 aliphatic rings. The molecule has 0 saturated heterocycles. The molecule has 27 heavy (non-hydrogen) atoms. The monoisotopic (exact) mass is 418 g/mol. The molecule has 7 heteroatoms. The second-order valence-electron chi connectivity index (χ2n) is 5.72. The van der Waals surface area contributed by atoms with Gasteiger partial charge in [0.15, 0.2) is 0 Å². The number of hydrazone groups is 1. The van der Waals surface area contributed by atoms with Crippen molar-refractivity contribution in [1.29, 1.82) is 0 Å². The Morgan fingerprint density at radius 2 is 1.93 bits per heavy atom. The van der Waals surface area contributed by atoms with Gasteiger partial charge in [0.2, 0.25) is 5.91 Å². The first-order chi connectivity index (χ1) is 13.0. The molecular weight excluding hydrogens is 403 g/mol. The Bertz CT molecular complexity index is 968. The quantitative estimate of drug-likeness (QED) is 0.312. The summed E-state index contributed by atoms with van der Waals surface area (Å²) in [6, 6.07) is 16.7. The number of benzene rings is 2.